The number of carbonyl (C=O) groups excluding carboxylic acids is 1. The lowest BCUT2D eigenvalue weighted by molar-refractivity contribution is -0.127. The number of Topliss-reactive ketones (excluding diaryl/α,β-unsaturated/α-hetero) is 1. The van der Waals surface area contributed by atoms with Crippen molar-refractivity contribution in [3.63, 3.8) is 0 Å². The van der Waals surface area contributed by atoms with Crippen molar-refractivity contribution < 1.29 is 21.9 Å². The van der Waals surface area contributed by atoms with Crippen LogP contribution in [0, 0.1) is 34.5 Å². The fourth-order valence-corrected chi connectivity index (χ4v) is 8.06. The summed E-state index contributed by atoms with van der Waals surface area (Å²) in [7, 11) is -4.40. The monoisotopic (exact) mass is 413 g/mol. The molecule has 28 heavy (non-hydrogen) atoms. The molecule has 0 aromatic carbocycles. The molecular weight excluding hydrogens is 378 g/mol. The average molecular weight is 414 g/mol. The molecule has 7 heteroatoms. The Hall–Kier alpha value is -0.760. The number of ketones is 1. The van der Waals surface area contributed by atoms with Crippen LogP contribution >= 0.6 is 0 Å². The molecule has 7 atom stereocenters. The maximum atomic E-state index is 12.2. The maximum absolute atomic E-state index is 12.2. The summed E-state index contributed by atoms with van der Waals surface area (Å²) >= 11 is 0. The third-order valence-corrected chi connectivity index (χ3v) is 9.32. The third-order valence-electron chi connectivity index (χ3n) is 8.81. The van der Waals surface area contributed by atoms with Gasteiger partial charge in [0.2, 0.25) is 0 Å². The summed E-state index contributed by atoms with van der Waals surface area (Å²) in [4.78, 5) is 12.2. The van der Waals surface area contributed by atoms with Gasteiger partial charge in [-0.3, -0.25) is 9.35 Å². The summed E-state index contributed by atoms with van der Waals surface area (Å²) in [5.41, 5.74) is 1.56. The van der Waals surface area contributed by atoms with E-state index in [2.05, 4.69) is 19.9 Å². The van der Waals surface area contributed by atoms with Gasteiger partial charge in [0.15, 0.2) is 0 Å². The minimum atomic E-state index is -4.40. The van der Waals surface area contributed by atoms with E-state index >= 15 is 0 Å². The van der Waals surface area contributed by atoms with Crippen LogP contribution in [0.2, 0.25) is 0 Å². The van der Waals surface area contributed by atoms with Crippen molar-refractivity contribution in [3.8, 4) is 0 Å². The Kier molecular flexibility index (Phi) is 5.63. The number of carbonyl (C=O) groups is 1. The number of fused-ring (bicyclic) bond motifs is 5. The normalized spacial score (nSPS) is 45.1. The molecule has 4 aliphatic rings. The second-order valence-electron chi connectivity index (χ2n) is 9.93. The molecule has 0 radical (unpaired) electrons. The highest BCUT2D eigenvalue weighted by atomic mass is 32.3. The predicted octanol–water partition coefficient (Wildman–Crippen LogP) is 4.50. The molecular formula is C21H35NO5S. The van der Waals surface area contributed by atoms with Crippen LogP contribution in [0.4, 0.5) is 0 Å². The van der Waals surface area contributed by atoms with Crippen LogP contribution in [-0.4, -0.2) is 24.9 Å². The maximum Gasteiger partial charge on any atom is 0.397 e. The van der Waals surface area contributed by atoms with E-state index in [1.54, 1.807) is 6.92 Å². The largest absolute Gasteiger partial charge is 0.397 e. The van der Waals surface area contributed by atoms with E-state index < -0.39 is 16.5 Å². The first-order valence-corrected chi connectivity index (χ1v) is 11.8. The lowest BCUT2D eigenvalue weighted by atomic mass is 9.47. The van der Waals surface area contributed by atoms with Gasteiger partial charge in [-0.15, -0.1) is 0 Å². The fourth-order valence-electron chi connectivity index (χ4n) is 7.55. The zero-order valence-electron chi connectivity index (χ0n) is 17.3. The summed E-state index contributed by atoms with van der Waals surface area (Å²) < 4.78 is 36.1. The standard InChI is InChI=1S/C21H32O5S.H3N/c1-13(22)17-6-7-18-16-5-4-14-12-15(26-27(23,24)25)8-10-20(14,2)19(16)9-11-21(17,18)3;/h4,15-19H,5-12H2,1-3H3,(H,23,24,25);1H3/t15-,16-,17+,18-,19-,20-,21+;/m0./s1. The zero-order chi connectivity index (χ0) is 19.6. The van der Waals surface area contributed by atoms with Crippen molar-refractivity contribution >= 4 is 16.2 Å². The topological polar surface area (TPSA) is 116 Å². The van der Waals surface area contributed by atoms with Gasteiger partial charge in [-0.05, 0) is 86.9 Å². The molecule has 0 saturated heterocycles. The highest BCUT2D eigenvalue weighted by molar-refractivity contribution is 7.80. The SMILES string of the molecule is CC(=O)[C@H]1CC[C@H]2[C@@H]3CC=C4C[C@@H](OS(=O)(=O)O)CC[C@]4(C)[C@H]3CC[C@]12C.N. The van der Waals surface area contributed by atoms with Crippen LogP contribution in [0.5, 0.6) is 0 Å². The van der Waals surface area contributed by atoms with Gasteiger partial charge >= 0.3 is 10.4 Å². The van der Waals surface area contributed by atoms with Crippen LogP contribution in [0.3, 0.4) is 0 Å². The van der Waals surface area contributed by atoms with E-state index in [4.69, 9.17) is 8.74 Å². The van der Waals surface area contributed by atoms with Gasteiger partial charge in [0, 0.05) is 5.92 Å². The number of rotatable bonds is 3. The van der Waals surface area contributed by atoms with Gasteiger partial charge in [0.1, 0.15) is 5.78 Å². The van der Waals surface area contributed by atoms with Gasteiger partial charge in [0.25, 0.3) is 0 Å². The fraction of sp³-hybridized carbons (Fsp3) is 0.857. The molecule has 160 valence electrons. The minimum Gasteiger partial charge on any atom is -0.344 e. The van der Waals surface area contributed by atoms with Crippen molar-refractivity contribution in [3.05, 3.63) is 11.6 Å². The summed E-state index contributed by atoms with van der Waals surface area (Å²) in [5.74, 6) is 2.43. The summed E-state index contributed by atoms with van der Waals surface area (Å²) in [6, 6.07) is 0. The number of hydrogen-bond acceptors (Lipinski definition) is 5. The first-order valence-electron chi connectivity index (χ1n) is 10.4. The average Bonchev–Trinajstić information content (AvgIpc) is 2.91. The van der Waals surface area contributed by atoms with Gasteiger partial charge in [-0.2, -0.15) is 8.42 Å². The highest BCUT2D eigenvalue weighted by Crippen LogP contribution is 2.66. The van der Waals surface area contributed by atoms with E-state index in [1.807, 2.05) is 0 Å². The van der Waals surface area contributed by atoms with Crippen molar-refractivity contribution in [2.24, 2.45) is 34.5 Å². The first-order chi connectivity index (χ1) is 12.5. The Morgan fingerprint density at radius 3 is 2.50 bits per heavy atom. The zero-order valence-corrected chi connectivity index (χ0v) is 18.1. The molecule has 0 unspecified atom stereocenters. The quantitative estimate of drug-likeness (QED) is 0.520. The van der Waals surface area contributed by atoms with Crippen molar-refractivity contribution in [2.75, 3.05) is 0 Å². The molecule has 0 heterocycles. The van der Waals surface area contributed by atoms with E-state index in [-0.39, 0.29) is 22.9 Å². The molecule has 0 amide bonds. The Morgan fingerprint density at radius 2 is 1.86 bits per heavy atom. The molecule has 4 N–H and O–H groups in total. The van der Waals surface area contributed by atoms with Gasteiger partial charge in [-0.25, -0.2) is 4.18 Å². The van der Waals surface area contributed by atoms with Crippen molar-refractivity contribution in [1.82, 2.24) is 6.15 Å². The molecule has 0 bridgehead atoms. The van der Waals surface area contributed by atoms with Crippen molar-refractivity contribution in [2.45, 2.75) is 78.2 Å². The molecule has 0 aromatic rings. The van der Waals surface area contributed by atoms with E-state index in [0.29, 0.717) is 36.4 Å². The molecule has 4 aliphatic carbocycles. The smallest absolute Gasteiger partial charge is 0.344 e. The molecule has 0 aromatic heterocycles. The highest BCUT2D eigenvalue weighted by Gasteiger charge is 2.59. The second-order valence-corrected chi connectivity index (χ2v) is 11.0. The first kappa shape index (κ1) is 21.9. The summed E-state index contributed by atoms with van der Waals surface area (Å²) in [5, 5.41) is 0. The Morgan fingerprint density at radius 1 is 1.14 bits per heavy atom. The lowest BCUT2D eigenvalue weighted by Gasteiger charge is -2.58. The van der Waals surface area contributed by atoms with Crippen LogP contribution in [0.15, 0.2) is 11.6 Å². The van der Waals surface area contributed by atoms with Gasteiger partial charge in [-0.1, -0.05) is 25.5 Å². The predicted molar refractivity (Wildman–Crippen MR) is 107 cm³/mol. The Labute approximate surface area is 169 Å². The lowest BCUT2D eigenvalue weighted by Crippen LogP contribution is -2.51. The van der Waals surface area contributed by atoms with Crippen LogP contribution in [0.1, 0.15) is 72.1 Å². The molecule has 3 saturated carbocycles. The molecule has 6 nitrogen and oxygen atoms in total. The number of hydrogen-bond donors (Lipinski definition) is 2. The van der Waals surface area contributed by atoms with E-state index in [1.165, 1.54) is 5.57 Å². The van der Waals surface area contributed by atoms with E-state index in [9.17, 15) is 13.2 Å². The third kappa shape index (κ3) is 3.38. The summed E-state index contributed by atoms with van der Waals surface area (Å²) in [6.07, 6.45) is 9.54. The van der Waals surface area contributed by atoms with Crippen LogP contribution < -0.4 is 6.15 Å². The Balaban J connectivity index is 0.00000225. The second kappa shape index (κ2) is 7.18. The van der Waals surface area contributed by atoms with Crippen LogP contribution in [-0.2, 0) is 19.4 Å². The van der Waals surface area contributed by atoms with E-state index in [0.717, 1.165) is 38.5 Å². The van der Waals surface area contributed by atoms with Crippen molar-refractivity contribution in [1.29, 1.82) is 0 Å². The number of allylic oxidation sites excluding steroid dienone is 1. The molecule has 0 spiro atoms. The summed E-state index contributed by atoms with van der Waals surface area (Å²) in [6.45, 7) is 6.46. The van der Waals surface area contributed by atoms with Crippen LogP contribution in [0.25, 0.3) is 0 Å². The Bertz CT molecular complexity index is 778. The van der Waals surface area contributed by atoms with Gasteiger partial charge < -0.3 is 6.15 Å². The molecule has 0 aliphatic heterocycles. The molecule has 3 fully saturated rings. The molecule has 4 rings (SSSR count). The van der Waals surface area contributed by atoms with Gasteiger partial charge in [0.05, 0.1) is 6.10 Å². The minimum absolute atomic E-state index is 0.